The van der Waals surface area contributed by atoms with Gasteiger partial charge in [-0.25, -0.2) is 0 Å². The fraction of sp³-hybridized carbons (Fsp3) is 0.312. The monoisotopic (exact) mass is 257 g/mol. The van der Waals surface area contributed by atoms with E-state index in [-0.39, 0.29) is 5.91 Å². The van der Waals surface area contributed by atoms with Crippen LogP contribution in [0.2, 0.25) is 0 Å². The highest BCUT2D eigenvalue weighted by atomic mass is 16.3. The summed E-state index contributed by atoms with van der Waals surface area (Å²) in [4.78, 5) is 13.9. The maximum atomic E-state index is 12.2. The Bertz CT molecular complexity index is 526. The van der Waals surface area contributed by atoms with Crippen molar-refractivity contribution in [2.24, 2.45) is 0 Å². The zero-order chi connectivity index (χ0) is 13.8. The van der Waals surface area contributed by atoms with Gasteiger partial charge in [0.25, 0.3) is 5.91 Å². The zero-order valence-electron chi connectivity index (χ0n) is 11.6. The average molecular weight is 257 g/mol. The van der Waals surface area contributed by atoms with Crippen LogP contribution in [0.3, 0.4) is 0 Å². The van der Waals surface area contributed by atoms with Gasteiger partial charge in [0, 0.05) is 24.7 Å². The van der Waals surface area contributed by atoms with Crippen molar-refractivity contribution >= 4 is 5.91 Å². The van der Waals surface area contributed by atoms with Gasteiger partial charge in [0.05, 0.1) is 12.5 Å². The van der Waals surface area contributed by atoms with Crippen molar-refractivity contribution in [3.05, 3.63) is 59.5 Å². The van der Waals surface area contributed by atoms with E-state index in [0.29, 0.717) is 12.5 Å². The maximum Gasteiger partial charge on any atom is 0.253 e. The van der Waals surface area contributed by atoms with Gasteiger partial charge >= 0.3 is 0 Å². The summed E-state index contributed by atoms with van der Waals surface area (Å²) in [6, 6.07) is 9.69. The molecule has 1 aromatic carbocycles. The van der Waals surface area contributed by atoms with Crippen LogP contribution in [-0.4, -0.2) is 17.9 Å². The second kappa shape index (κ2) is 5.74. The first-order chi connectivity index (χ1) is 9.08. The van der Waals surface area contributed by atoms with Crippen molar-refractivity contribution in [2.75, 3.05) is 7.05 Å². The van der Waals surface area contributed by atoms with Gasteiger partial charge in [-0.2, -0.15) is 0 Å². The molecule has 2 rings (SSSR count). The molecule has 0 radical (unpaired) electrons. The van der Waals surface area contributed by atoms with Crippen molar-refractivity contribution < 1.29 is 9.21 Å². The third-order valence-electron chi connectivity index (χ3n) is 3.17. The zero-order valence-corrected chi connectivity index (χ0v) is 11.6. The quantitative estimate of drug-likeness (QED) is 0.837. The molecule has 0 bridgehead atoms. The normalized spacial score (nSPS) is 10.7. The van der Waals surface area contributed by atoms with E-state index in [2.05, 4.69) is 13.8 Å². The van der Waals surface area contributed by atoms with Gasteiger partial charge in [0.15, 0.2) is 0 Å². The molecule has 3 heteroatoms. The van der Waals surface area contributed by atoms with Gasteiger partial charge in [-0.1, -0.05) is 26.0 Å². The fourth-order valence-corrected chi connectivity index (χ4v) is 1.96. The second-order valence-electron chi connectivity index (χ2n) is 5.07. The Labute approximate surface area is 113 Å². The number of carbonyl (C=O) groups is 1. The minimum atomic E-state index is 0.0245. The number of hydrogen-bond acceptors (Lipinski definition) is 2. The molecular formula is C16H19NO2. The molecule has 0 aliphatic rings. The van der Waals surface area contributed by atoms with Gasteiger partial charge in [-0.05, 0) is 29.7 Å². The van der Waals surface area contributed by atoms with Crippen LogP contribution in [0.5, 0.6) is 0 Å². The standard InChI is InChI=1S/C16H19NO2/c1-12(2)14-4-6-15(7-5-14)16(18)17(3)10-13-8-9-19-11-13/h4-9,11-12H,10H2,1-3H3. The average Bonchev–Trinajstić information content (AvgIpc) is 2.90. The lowest BCUT2D eigenvalue weighted by atomic mass is 10.0. The Morgan fingerprint density at radius 2 is 1.89 bits per heavy atom. The summed E-state index contributed by atoms with van der Waals surface area (Å²) in [7, 11) is 1.80. The van der Waals surface area contributed by atoms with Crippen LogP contribution in [0, 0.1) is 0 Å². The lowest BCUT2D eigenvalue weighted by molar-refractivity contribution is 0.0785. The van der Waals surface area contributed by atoms with E-state index in [1.807, 2.05) is 30.3 Å². The fourth-order valence-electron chi connectivity index (χ4n) is 1.96. The number of furan rings is 1. The summed E-state index contributed by atoms with van der Waals surface area (Å²) < 4.78 is 5.00. The first-order valence-corrected chi connectivity index (χ1v) is 6.44. The van der Waals surface area contributed by atoms with E-state index >= 15 is 0 Å². The van der Waals surface area contributed by atoms with Crippen LogP contribution in [-0.2, 0) is 6.54 Å². The number of amides is 1. The summed E-state index contributed by atoms with van der Waals surface area (Å²) in [5.74, 6) is 0.504. The molecule has 19 heavy (non-hydrogen) atoms. The number of rotatable bonds is 4. The van der Waals surface area contributed by atoms with Gasteiger partial charge in [-0.15, -0.1) is 0 Å². The number of benzene rings is 1. The minimum absolute atomic E-state index is 0.0245. The molecule has 0 atom stereocenters. The van der Waals surface area contributed by atoms with Gasteiger partial charge in [0.2, 0.25) is 0 Å². The Morgan fingerprint density at radius 1 is 1.21 bits per heavy atom. The third-order valence-corrected chi connectivity index (χ3v) is 3.17. The largest absolute Gasteiger partial charge is 0.472 e. The van der Waals surface area contributed by atoms with E-state index < -0.39 is 0 Å². The Kier molecular flexibility index (Phi) is 4.05. The highest BCUT2D eigenvalue weighted by molar-refractivity contribution is 5.94. The molecule has 1 aromatic heterocycles. The van der Waals surface area contributed by atoms with Crippen molar-refractivity contribution in [3.8, 4) is 0 Å². The third kappa shape index (κ3) is 3.25. The summed E-state index contributed by atoms with van der Waals surface area (Å²) in [6.45, 7) is 4.84. The van der Waals surface area contributed by atoms with Gasteiger partial charge in [0.1, 0.15) is 0 Å². The topological polar surface area (TPSA) is 33.5 Å². The Morgan fingerprint density at radius 3 is 2.42 bits per heavy atom. The molecule has 0 saturated heterocycles. The summed E-state index contributed by atoms with van der Waals surface area (Å²) in [5, 5.41) is 0. The van der Waals surface area contributed by atoms with E-state index in [4.69, 9.17) is 4.42 Å². The molecule has 0 saturated carbocycles. The maximum absolute atomic E-state index is 12.2. The highest BCUT2D eigenvalue weighted by Crippen LogP contribution is 2.16. The number of hydrogen-bond donors (Lipinski definition) is 0. The van der Waals surface area contributed by atoms with E-state index in [1.54, 1.807) is 24.5 Å². The van der Waals surface area contributed by atoms with Crippen molar-refractivity contribution in [1.82, 2.24) is 4.90 Å². The SMILES string of the molecule is CC(C)c1ccc(C(=O)N(C)Cc2ccoc2)cc1. The van der Waals surface area contributed by atoms with Crippen LogP contribution in [0.15, 0.2) is 47.3 Å². The summed E-state index contributed by atoms with van der Waals surface area (Å²) in [5.41, 5.74) is 2.96. The molecule has 0 fully saturated rings. The minimum Gasteiger partial charge on any atom is -0.472 e. The van der Waals surface area contributed by atoms with E-state index in [1.165, 1.54) is 5.56 Å². The van der Waals surface area contributed by atoms with Crippen molar-refractivity contribution in [3.63, 3.8) is 0 Å². The molecule has 2 aromatic rings. The molecular weight excluding hydrogens is 238 g/mol. The highest BCUT2D eigenvalue weighted by Gasteiger charge is 2.12. The van der Waals surface area contributed by atoms with E-state index in [0.717, 1.165) is 11.1 Å². The second-order valence-corrected chi connectivity index (χ2v) is 5.07. The first-order valence-electron chi connectivity index (χ1n) is 6.44. The van der Waals surface area contributed by atoms with Crippen LogP contribution in [0.4, 0.5) is 0 Å². The van der Waals surface area contributed by atoms with Crippen molar-refractivity contribution in [1.29, 1.82) is 0 Å². The molecule has 0 spiro atoms. The predicted molar refractivity (Wildman–Crippen MR) is 75.0 cm³/mol. The summed E-state index contributed by atoms with van der Waals surface area (Å²) in [6.07, 6.45) is 3.27. The van der Waals surface area contributed by atoms with Crippen LogP contribution in [0.1, 0.15) is 41.3 Å². The smallest absolute Gasteiger partial charge is 0.253 e. The van der Waals surface area contributed by atoms with E-state index in [9.17, 15) is 4.79 Å². The predicted octanol–water partition coefficient (Wildman–Crippen LogP) is 3.68. The molecule has 0 N–H and O–H groups in total. The van der Waals surface area contributed by atoms with Gasteiger partial charge < -0.3 is 9.32 Å². The Hall–Kier alpha value is -2.03. The Balaban J connectivity index is 2.06. The van der Waals surface area contributed by atoms with Crippen molar-refractivity contribution in [2.45, 2.75) is 26.3 Å². The van der Waals surface area contributed by atoms with Gasteiger partial charge in [-0.3, -0.25) is 4.79 Å². The lowest BCUT2D eigenvalue weighted by Crippen LogP contribution is -2.25. The number of nitrogens with zero attached hydrogens (tertiary/aromatic N) is 1. The molecule has 100 valence electrons. The molecule has 0 aliphatic carbocycles. The van der Waals surface area contributed by atoms with Crippen LogP contribution < -0.4 is 0 Å². The molecule has 0 unspecified atom stereocenters. The van der Waals surface area contributed by atoms with Crippen LogP contribution in [0.25, 0.3) is 0 Å². The molecule has 1 amide bonds. The lowest BCUT2D eigenvalue weighted by Gasteiger charge is -2.16. The summed E-state index contributed by atoms with van der Waals surface area (Å²) >= 11 is 0. The van der Waals surface area contributed by atoms with Crippen LogP contribution >= 0.6 is 0 Å². The molecule has 0 aliphatic heterocycles. The molecule has 3 nitrogen and oxygen atoms in total. The first kappa shape index (κ1) is 13.4. The number of carbonyl (C=O) groups excluding carboxylic acids is 1. The molecule has 1 heterocycles.